The molecule has 3 amide bonds. The molecule has 10 heteroatoms. The van der Waals surface area contributed by atoms with Crippen LogP contribution in [0.1, 0.15) is 80.0 Å². The van der Waals surface area contributed by atoms with Crippen LogP contribution < -0.4 is 4.74 Å². The summed E-state index contributed by atoms with van der Waals surface area (Å²) in [6.07, 6.45) is 2.55. The molecule has 5 rings (SSSR count). The van der Waals surface area contributed by atoms with Crippen molar-refractivity contribution in [1.82, 2.24) is 14.7 Å². The van der Waals surface area contributed by atoms with Crippen molar-refractivity contribution in [3.05, 3.63) is 29.3 Å². The average Bonchev–Trinajstić information content (AvgIpc) is 3.43. The first-order valence-electron chi connectivity index (χ1n) is 13.9. The fraction of sp³-hybridized carbons (Fsp3) is 0.621. The van der Waals surface area contributed by atoms with Crippen LogP contribution in [-0.4, -0.2) is 94.6 Å². The molecule has 3 heterocycles. The SMILES string of the molecule is CC(C)(C)OC(=O)N1CCC(CN2CCC(Oc3ccc4c(c3)C(=O)N(C3CCC(=O)CC3=O)C4=O)CC2)C1. The van der Waals surface area contributed by atoms with E-state index in [1.807, 2.05) is 20.8 Å². The summed E-state index contributed by atoms with van der Waals surface area (Å²) in [5.41, 5.74) is 0.0213. The number of benzene rings is 1. The third kappa shape index (κ3) is 6.00. The first-order chi connectivity index (χ1) is 18.5. The number of hydrogen-bond acceptors (Lipinski definition) is 8. The van der Waals surface area contributed by atoms with Crippen molar-refractivity contribution >= 4 is 29.5 Å². The van der Waals surface area contributed by atoms with Crippen molar-refractivity contribution in [1.29, 1.82) is 0 Å². The maximum Gasteiger partial charge on any atom is 0.410 e. The Hall–Kier alpha value is -3.27. The number of piperidine rings is 1. The summed E-state index contributed by atoms with van der Waals surface area (Å²) in [6.45, 7) is 9.77. The van der Waals surface area contributed by atoms with Crippen LogP contribution in [-0.2, 0) is 14.3 Å². The number of carbonyl (C=O) groups excluding carboxylic acids is 5. The molecule has 0 radical (unpaired) electrons. The highest BCUT2D eigenvalue weighted by atomic mass is 16.6. The lowest BCUT2D eigenvalue weighted by Crippen LogP contribution is -2.47. The van der Waals surface area contributed by atoms with E-state index in [1.165, 1.54) is 0 Å². The molecular formula is C29H37N3O7. The Bertz CT molecular complexity index is 1180. The molecule has 0 spiro atoms. The maximum atomic E-state index is 13.1. The van der Waals surface area contributed by atoms with Crippen molar-refractivity contribution in [2.45, 2.75) is 77.0 Å². The minimum Gasteiger partial charge on any atom is -0.490 e. The van der Waals surface area contributed by atoms with Gasteiger partial charge in [0.25, 0.3) is 11.8 Å². The Kier molecular flexibility index (Phi) is 7.50. The van der Waals surface area contributed by atoms with Gasteiger partial charge in [-0.3, -0.25) is 24.1 Å². The molecule has 1 saturated carbocycles. The Labute approximate surface area is 228 Å². The highest BCUT2D eigenvalue weighted by molar-refractivity contribution is 6.23. The molecule has 1 aromatic rings. The molecule has 1 aliphatic carbocycles. The lowest BCUT2D eigenvalue weighted by molar-refractivity contribution is -0.132. The van der Waals surface area contributed by atoms with E-state index in [-0.39, 0.29) is 54.2 Å². The van der Waals surface area contributed by atoms with Gasteiger partial charge in [-0.15, -0.1) is 0 Å². The third-order valence-corrected chi connectivity index (χ3v) is 7.93. The van der Waals surface area contributed by atoms with E-state index in [0.717, 1.165) is 50.3 Å². The lowest BCUT2D eigenvalue weighted by atomic mass is 9.92. The van der Waals surface area contributed by atoms with Gasteiger partial charge in [0.2, 0.25) is 0 Å². The van der Waals surface area contributed by atoms with E-state index in [1.54, 1.807) is 23.1 Å². The number of hydrogen-bond donors (Lipinski definition) is 0. The van der Waals surface area contributed by atoms with E-state index >= 15 is 0 Å². The highest BCUT2D eigenvalue weighted by Crippen LogP contribution is 2.32. The summed E-state index contributed by atoms with van der Waals surface area (Å²) in [4.78, 5) is 67.6. The van der Waals surface area contributed by atoms with Gasteiger partial charge in [0.05, 0.1) is 23.6 Å². The fourth-order valence-corrected chi connectivity index (χ4v) is 5.97. The molecule has 3 aliphatic heterocycles. The fourth-order valence-electron chi connectivity index (χ4n) is 5.97. The third-order valence-electron chi connectivity index (χ3n) is 7.93. The normalized spacial score (nSPS) is 24.9. The average molecular weight is 540 g/mol. The molecule has 0 N–H and O–H groups in total. The van der Waals surface area contributed by atoms with Crippen molar-refractivity contribution in [3.8, 4) is 5.75 Å². The molecule has 210 valence electrons. The number of nitrogens with zero attached hydrogens (tertiary/aromatic N) is 3. The van der Waals surface area contributed by atoms with Crippen LogP contribution in [0.25, 0.3) is 0 Å². The van der Waals surface area contributed by atoms with Gasteiger partial charge in [-0.25, -0.2) is 4.79 Å². The first kappa shape index (κ1) is 27.3. The number of carbonyl (C=O) groups is 5. The Morgan fingerprint density at radius 3 is 2.36 bits per heavy atom. The van der Waals surface area contributed by atoms with Gasteiger partial charge < -0.3 is 19.3 Å². The predicted octanol–water partition coefficient (Wildman–Crippen LogP) is 3.07. The number of imide groups is 1. The van der Waals surface area contributed by atoms with E-state index < -0.39 is 23.5 Å². The minimum absolute atomic E-state index is 0.00427. The van der Waals surface area contributed by atoms with E-state index in [4.69, 9.17) is 9.47 Å². The second kappa shape index (κ2) is 10.7. The molecule has 2 saturated heterocycles. The standard InChI is InChI=1S/C29H37N3O7/c1-29(2,3)39-28(37)31-13-8-18(17-31)16-30-11-9-20(10-12-30)38-21-5-6-22-23(15-21)27(36)32(26(22)35)24-7-4-19(33)14-25(24)34/h5-6,15,18,20,24H,4,7-14,16-17H2,1-3H3. The van der Waals surface area contributed by atoms with Crippen molar-refractivity contribution in [3.63, 3.8) is 0 Å². The van der Waals surface area contributed by atoms with Gasteiger partial charge in [-0.05, 0) is 70.6 Å². The van der Waals surface area contributed by atoms with Gasteiger partial charge in [0.1, 0.15) is 23.2 Å². The number of ether oxygens (including phenoxy) is 2. The molecule has 0 aromatic heterocycles. The van der Waals surface area contributed by atoms with Crippen molar-refractivity contribution in [2.24, 2.45) is 5.92 Å². The summed E-state index contributed by atoms with van der Waals surface area (Å²) >= 11 is 0. The van der Waals surface area contributed by atoms with Crippen molar-refractivity contribution in [2.75, 3.05) is 32.7 Å². The molecule has 2 unspecified atom stereocenters. The monoisotopic (exact) mass is 539 g/mol. The summed E-state index contributed by atoms with van der Waals surface area (Å²) in [6, 6.07) is 4.02. The number of amides is 3. The summed E-state index contributed by atoms with van der Waals surface area (Å²) in [5.74, 6) is -0.559. The maximum absolute atomic E-state index is 13.1. The molecule has 1 aromatic carbocycles. The Morgan fingerprint density at radius 2 is 1.67 bits per heavy atom. The number of ketones is 2. The highest BCUT2D eigenvalue weighted by Gasteiger charge is 2.44. The van der Waals surface area contributed by atoms with Gasteiger partial charge in [0, 0.05) is 39.1 Å². The second-order valence-corrected chi connectivity index (χ2v) is 12.1. The number of likely N-dealkylation sites (tertiary alicyclic amines) is 2. The molecule has 4 aliphatic rings. The molecule has 2 atom stereocenters. The molecule has 3 fully saturated rings. The van der Waals surface area contributed by atoms with E-state index in [0.29, 0.717) is 18.2 Å². The van der Waals surface area contributed by atoms with E-state index in [2.05, 4.69) is 4.90 Å². The minimum atomic E-state index is -0.875. The Balaban J connectivity index is 1.12. The smallest absolute Gasteiger partial charge is 0.410 e. The van der Waals surface area contributed by atoms with Gasteiger partial charge in [0.15, 0.2) is 5.78 Å². The predicted molar refractivity (Wildman–Crippen MR) is 141 cm³/mol. The summed E-state index contributed by atoms with van der Waals surface area (Å²) in [5, 5.41) is 0. The summed E-state index contributed by atoms with van der Waals surface area (Å²) < 4.78 is 11.7. The van der Waals surface area contributed by atoms with Gasteiger partial charge in [-0.1, -0.05) is 0 Å². The van der Waals surface area contributed by atoms with Gasteiger partial charge >= 0.3 is 6.09 Å². The lowest BCUT2D eigenvalue weighted by Gasteiger charge is -2.33. The van der Waals surface area contributed by atoms with Crippen LogP contribution in [0.3, 0.4) is 0 Å². The van der Waals surface area contributed by atoms with Crippen LogP contribution in [0.15, 0.2) is 18.2 Å². The number of fused-ring (bicyclic) bond motifs is 1. The van der Waals surface area contributed by atoms with Crippen LogP contribution in [0.2, 0.25) is 0 Å². The second-order valence-electron chi connectivity index (χ2n) is 12.1. The zero-order valence-electron chi connectivity index (χ0n) is 22.9. The molecule has 39 heavy (non-hydrogen) atoms. The topological polar surface area (TPSA) is 114 Å². The largest absolute Gasteiger partial charge is 0.490 e. The quantitative estimate of drug-likeness (QED) is 0.414. The zero-order chi connectivity index (χ0) is 27.9. The molecule has 0 bridgehead atoms. The first-order valence-corrected chi connectivity index (χ1v) is 13.9. The van der Waals surface area contributed by atoms with E-state index in [9.17, 15) is 24.0 Å². The number of Topliss-reactive ketones (excluding diaryl/α,β-unsaturated/α-hetero) is 2. The Morgan fingerprint density at radius 1 is 0.949 bits per heavy atom. The van der Waals surface area contributed by atoms with Gasteiger partial charge in [-0.2, -0.15) is 0 Å². The zero-order valence-corrected chi connectivity index (χ0v) is 22.9. The van der Waals surface area contributed by atoms with Crippen LogP contribution in [0, 0.1) is 5.92 Å². The number of rotatable bonds is 5. The molecule has 10 nitrogen and oxygen atoms in total. The van der Waals surface area contributed by atoms with Crippen LogP contribution in [0.4, 0.5) is 4.79 Å². The van der Waals surface area contributed by atoms with Crippen molar-refractivity contribution < 1.29 is 33.4 Å². The summed E-state index contributed by atoms with van der Waals surface area (Å²) in [7, 11) is 0. The van der Waals surface area contributed by atoms with Crippen LogP contribution >= 0.6 is 0 Å². The molecular weight excluding hydrogens is 502 g/mol. The van der Waals surface area contributed by atoms with Crippen LogP contribution in [0.5, 0.6) is 5.75 Å².